The number of non-ortho nitro benzene ring substituents is 1. The number of rotatable bonds is 6. The number of ether oxygens (including phenoxy) is 1. The molecule has 0 bridgehead atoms. The second kappa shape index (κ2) is 6.40. The zero-order chi connectivity index (χ0) is 14.5. The summed E-state index contributed by atoms with van der Waals surface area (Å²) < 4.78 is 5.13. The van der Waals surface area contributed by atoms with Crippen LogP contribution in [0.1, 0.15) is 5.69 Å². The van der Waals surface area contributed by atoms with Crippen molar-refractivity contribution in [1.82, 2.24) is 10.3 Å². The Hall–Kier alpha value is -2.05. The third-order valence-corrected chi connectivity index (χ3v) is 3.17. The smallest absolute Gasteiger partial charge is 0.270 e. The third-order valence-electron chi connectivity index (χ3n) is 3.17. The van der Waals surface area contributed by atoms with Crippen LogP contribution in [0, 0.1) is 10.1 Å². The maximum absolute atomic E-state index is 10.7. The van der Waals surface area contributed by atoms with Crippen molar-refractivity contribution in [3.05, 3.63) is 46.1 Å². The second-order valence-corrected chi connectivity index (χ2v) is 4.58. The van der Waals surface area contributed by atoms with Gasteiger partial charge in [-0.2, -0.15) is 0 Å². The molecule has 1 aromatic carbocycles. The number of hydrogen-bond donors (Lipinski definition) is 1. The fourth-order valence-corrected chi connectivity index (χ4v) is 2.08. The van der Waals surface area contributed by atoms with Crippen molar-refractivity contribution in [2.45, 2.75) is 12.5 Å². The SMILES string of the molecule is CNC(COC)Cc1ccc2cc([N+](=O)[O-])ccc2n1. The van der Waals surface area contributed by atoms with E-state index < -0.39 is 4.92 Å². The molecule has 1 aromatic heterocycles. The number of pyridine rings is 1. The molecule has 1 atom stereocenters. The van der Waals surface area contributed by atoms with Crippen LogP contribution >= 0.6 is 0 Å². The summed E-state index contributed by atoms with van der Waals surface area (Å²) in [5.74, 6) is 0. The van der Waals surface area contributed by atoms with Gasteiger partial charge in [-0.25, -0.2) is 0 Å². The molecular formula is C14H17N3O3. The van der Waals surface area contributed by atoms with Gasteiger partial charge in [-0.05, 0) is 19.2 Å². The minimum absolute atomic E-state index is 0.0829. The van der Waals surface area contributed by atoms with E-state index in [-0.39, 0.29) is 11.7 Å². The molecule has 106 valence electrons. The van der Waals surface area contributed by atoms with Gasteiger partial charge in [0.1, 0.15) is 0 Å². The van der Waals surface area contributed by atoms with Gasteiger partial charge in [0.2, 0.25) is 0 Å². The van der Waals surface area contributed by atoms with E-state index in [1.54, 1.807) is 13.2 Å². The first-order valence-corrected chi connectivity index (χ1v) is 6.34. The molecule has 20 heavy (non-hydrogen) atoms. The Bertz CT molecular complexity index is 616. The van der Waals surface area contributed by atoms with Gasteiger partial charge in [0, 0.05) is 42.8 Å². The van der Waals surface area contributed by atoms with Crippen molar-refractivity contribution in [3.63, 3.8) is 0 Å². The Morgan fingerprint density at radius 2 is 2.20 bits per heavy atom. The Labute approximate surface area is 116 Å². The maximum atomic E-state index is 10.7. The molecule has 0 amide bonds. The van der Waals surface area contributed by atoms with Gasteiger partial charge in [-0.1, -0.05) is 6.07 Å². The monoisotopic (exact) mass is 275 g/mol. The fraction of sp³-hybridized carbons (Fsp3) is 0.357. The van der Waals surface area contributed by atoms with Crippen molar-refractivity contribution in [2.75, 3.05) is 20.8 Å². The lowest BCUT2D eigenvalue weighted by Crippen LogP contribution is -2.32. The summed E-state index contributed by atoms with van der Waals surface area (Å²) in [6.45, 7) is 0.608. The summed E-state index contributed by atoms with van der Waals surface area (Å²) in [7, 11) is 3.55. The second-order valence-electron chi connectivity index (χ2n) is 4.58. The maximum Gasteiger partial charge on any atom is 0.270 e. The van der Waals surface area contributed by atoms with Gasteiger partial charge in [0.25, 0.3) is 5.69 Å². The van der Waals surface area contributed by atoms with Gasteiger partial charge in [-0.3, -0.25) is 15.1 Å². The van der Waals surface area contributed by atoms with Gasteiger partial charge >= 0.3 is 0 Å². The summed E-state index contributed by atoms with van der Waals surface area (Å²) in [5.41, 5.74) is 1.78. The molecule has 0 fully saturated rings. The van der Waals surface area contributed by atoms with Crippen molar-refractivity contribution >= 4 is 16.6 Å². The number of hydrogen-bond acceptors (Lipinski definition) is 5. The number of nitro benzene ring substituents is 1. The van der Waals surface area contributed by atoms with Gasteiger partial charge in [0.15, 0.2) is 0 Å². The quantitative estimate of drug-likeness (QED) is 0.643. The zero-order valence-electron chi connectivity index (χ0n) is 11.5. The molecule has 0 aliphatic carbocycles. The van der Waals surface area contributed by atoms with Crippen LogP contribution in [-0.2, 0) is 11.2 Å². The number of benzene rings is 1. The molecule has 0 radical (unpaired) electrons. The van der Waals surface area contributed by atoms with Crippen LogP contribution in [0.2, 0.25) is 0 Å². The van der Waals surface area contributed by atoms with E-state index in [1.165, 1.54) is 12.1 Å². The molecule has 0 saturated carbocycles. The molecule has 0 saturated heterocycles. The molecule has 1 unspecified atom stereocenters. The molecular weight excluding hydrogens is 258 g/mol. The standard InChI is InChI=1S/C14H17N3O3/c1-15-12(9-20-2)8-11-4-3-10-7-13(17(18)19)5-6-14(10)16-11/h3-7,12,15H,8-9H2,1-2H3. The largest absolute Gasteiger partial charge is 0.383 e. The van der Waals surface area contributed by atoms with Crippen molar-refractivity contribution < 1.29 is 9.66 Å². The number of nitrogens with one attached hydrogen (secondary N) is 1. The Morgan fingerprint density at radius 1 is 1.40 bits per heavy atom. The highest BCUT2D eigenvalue weighted by Gasteiger charge is 2.10. The van der Waals surface area contributed by atoms with E-state index in [2.05, 4.69) is 10.3 Å². The van der Waals surface area contributed by atoms with Crippen molar-refractivity contribution in [3.8, 4) is 0 Å². The minimum atomic E-state index is -0.400. The summed E-state index contributed by atoms with van der Waals surface area (Å²) in [4.78, 5) is 14.9. The highest BCUT2D eigenvalue weighted by Crippen LogP contribution is 2.20. The molecule has 0 aliphatic rings. The number of likely N-dealkylation sites (N-methyl/N-ethyl adjacent to an activating group) is 1. The van der Waals surface area contributed by atoms with Crippen LogP contribution in [0.4, 0.5) is 5.69 Å². The van der Waals surface area contributed by atoms with Crippen LogP contribution < -0.4 is 5.32 Å². The highest BCUT2D eigenvalue weighted by atomic mass is 16.6. The summed E-state index contributed by atoms with van der Waals surface area (Å²) in [5, 5.41) is 14.7. The zero-order valence-corrected chi connectivity index (χ0v) is 11.5. The number of fused-ring (bicyclic) bond motifs is 1. The lowest BCUT2D eigenvalue weighted by Gasteiger charge is -2.14. The molecule has 1 N–H and O–H groups in total. The first-order valence-electron chi connectivity index (χ1n) is 6.34. The van der Waals surface area contributed by atoms with E-state index in [1.807, 2.05) is 19.2 Å². The van der Waals surface area contributed by atoms with Crippen LogP contribution in [0.15, 0.2) is 30.3 Å². The molecule has 1 heterocycles. The number of nitro groups is 1. The summed E-state index contributed by atoms with van der Waals surface area (Å²) in [6.07, 6.45) is 0.747. The minimum Gasteiger partial charge on any atom is -0.383 e. The third kappa shape index (κ3) is 3.28. The van der Waals surface area contributed by atoms with Crippen LogP contribution in [0.3, 0.4) is 0 Å². The molecule has 6 heteroatoms. The fourth-order valence-electron chi connectivity index (χ4n) is 2.08. The average molecular weight is 275 g/mol. The van der Waals surface area contributed by atoms with Crippen molar-refractivity contribution in [2.24, 2.45) is 0 Å². The molecule has 0 spiro atoms. The van der Waals surface area contributed by atoms with Gasteiger partial charge < -0.3 is 10.1 Å². The summed E-state index contributed by atoms with van der Waals surface area (Å²) >= 11 is 0. The highest BCUT2D eigenvalue weighted by molar-refractivity contribution is 5.81. The first-order chi connectivity index (χ1) is 9.63. The Kier molecular flexibility index (Phi) is 4.60. The molecule has 2 rings (SSSR count). The molecule has 0 aliphatic heterocycles. The molecule has 6 nitrogen and oxygen atoms in total. The van der Waals surface area contributed by atoms with E-state index in [4.69, 9.17) is 4.74 Å². The first kappa shape index (κ1) is 14.4. The van der Waals surface area contributed by atoms with E-state index in [9.17, 15) is 10.1 Å². The Morgan fingerprint density at radius 3 is 2.85 bits per heavy atom. The Balaban J connectivity index is 2.25. The topological polar surface area (TPSA) is 77.3 Å². The average Bonchev–Trinajstić information content (AvgIpc) is 2.46. The predicted octanol–water partition coefficient (Wildman–Crippen LogP) is 1.92. The summed E-state index contributed by atoms with van der Waals surface area (Å²) in [6, 6.07) is 8.65. The normalized spacial score (nSPS) is 12.5. The van der Waals surface area contributed by atoms with Crippen LogP contribution in [0.5, 0.6) is 0 Å². The van der Waals surface area contributed by atoms with Gasteiger partial charge in [0.05, 0.1) is 17.0 Å². The lowest BCUT2D eigenvalue weighted by atomic mass is 10.1. The van der Waals surface area contributed by atoms with E-state index >= 15 is 0 Å². The van der Waals surface area contributed by atoms with E-state index in [0.29, 0.717) is 6.61 Å². The lowest BCUT2D eigenvalue weighted by molar-refractivity contribution is -0.384. The number of nitrogens with zero attached hydrogens (tertiary/aromatic N) is 2. The van der Waals surface area contributed by atoms with Crippen molar-refractivity contribution in [1.29, 1.82) is 0 Å². The number of methoxy groups -OCH3 is 1. The predicted molar refractivity (Wildman–Crippen MR) is 76.8 cm³/mol. The number of aromatic nitrogens is 1. The van der Waals surface area contributed by atoms with Crippen LogP contribution in [0.25, 0.3) is 10.9 Å². The van der Waals surface area contributed by atoms with Gasteiger partial charge in [-0.15, -0.1) is 0 Å². The molecule has 2 aromatic rings. The van der Waals surface area contributed by atoms with E-state index in [0.717, 1.165) is 23.0 Å². The van der Waals surface area contributed by atoms with Crippen LogP contribution in [-0.4, -0.2) is 36.7 Å².